The maximum atomic E-state index is 13.3. The molecule has 6 heteroatoms. The summed E-state index contributed by atoms with van der Waals surface area (Å²) in [7, 11) is -3.78. The molecule has 0 fully saturated rings. The zero-order chi connectivity index (χ0) is 12.9. The minimum absolute atomic E-state index is 0.0432. The van der Waals surface area contributed by atoms with Gasteiger partial charge in [-0.15, -0.1) is 0 Å². The molecule has 17 heavy (non-hydrogen) atoms. The van der Waals surface area contributed by atoms with Crippen molar-refractivity contribution in [3.05, 3.63) is 30.1 Å². The fraction of sp³-hybridized carbons (Fsp3) is 0.455. The lowest BCUT2D eigenvalue weighted by Crippen LogP contribution is -2.30. The molecule has 0 amide bonds. The van der Waals surface area contributed by atoms with Crippen molar-refractivity contribution in [1.29, 1.82) is 0 Å². The summed E-state index contributed by atoms with van der Waals surface area (Å²) in [6, 6.07) is 5.24. The van der Waals surface area contributed by atoms with Gasteiger partial charge >= 0.3 is 0 Å². The van der Waals surface area contributed by atoms with Crippen molar-refractivity contribution in [3.63, 3.8) is 0 Å². The Kier molecular flexibility index (Phi) is 5.04. The quantitative estimate of drug-likeness (QED) is 0.808. The first-order chi connectivity index (χ1) is 7.97. The van der Waals surface area contributed by atoms with Crippen molar-refractivity contribution in [2.75, 3.05) is 6.54 Å². The van der Waals surface area contributed by atoms with E-state index in [0.717, 1.165) is 12.5 Å². The van der Waals surface area contributed by atoms with Gasteiger partial charge in [0.25, 0.3) is 0 Å². The van der Waals surface area contributed by atoms with Crippen LogP contribution in [-0.4, -0.2) is 21.0 Å². The van der Waals surface area contributed by atoms with E-state index in [2.05, 4.69) is 4.72 Å². The molecule has 1 unspecified atom stereocenters. The van der Waals surface area contributed by atoms with E-state index in [1.54, 1.807) is 0 Å². The third-order valence-corrected chi connectivity index (χ3v) is 3.95. The molecule has 3 N–H and O–H groups in total. The van der Waals surface area contributed by atoms with E-state index < -0.39 is 15.8 Å². The molecule has 1 aromatic rings. The second-order valence-corrected chi connectivity index (χ2v) is 5.52. The molecule has 0 bridgehead atoms. The normalized spacial score (nSPS) is 13.6. The second kappa shape index (κ2) is 6.09. The molecule has 0 saturated heterocycles. The van der Waals surface area contributed by atoms with Crippen LogP contribution < -0.4 is 10.5 Å². The Morgan fingerprint density at radius 3 is 2.65 bits per heavy atom. The highest BCUT2D eigenvalue weighted by Gasteiger charge is 2.17. The molecular formula is C11H17FN2O2S. The van der Waals surface area contributed by atoms with Crippen LogP contribution in [0, 0.1) is 5.82 Å². The number of nitrogens with one attached hydrogen (secondary N) is 1. The van der Waals surface area contributed by atoms with Gasteiger partial charge in [-0.25, -0.2) is 17.5 Å². The highest BCUT2D eigenvalue weighted by atomic mass is 32.2. The SMILES string of the molecule is CCC(N)CCNS(=O)(=O)c1ccccc1F. The summed E-state index contributed by atoms with van der Waals surface area (Å²) in [5.41, 5.74) is 5.66. The van der Waals surface area contributed by atoms with Gasteiger partial charge in [0.05, 0.1) is 0 Å². The van der Waals surface area contributed by atoms with Gasteiger partial charge in [0, 0.05) is 12.6 Å². The summed E-state index contributed by atoms with van der Waals surface area (Å²) >= 11 is 0. The molecular weight excluding hydrogens is 243 g/mol. The first kappa shape index (κ1) is 14.1. The maximum absolute atomic E-state index is 13.3. The van der Waals surface area contributed by atoms with Crippen LogP contribution in [0.4, 0.5) is 4.39 Å². The van der Waals surface area contributed by atoms with Crippen LogP contribution in [0.3, 0.4) is 0 Å². The van der Waals surface area contributed by atoms with Crippen molar-refractivity contribution < 1.29 is 12.8 Å². The average Bonchev–Trinajstić information content (AvgIpc) is 2.28. The summed E-state index contributed by atoms with van der Waals surface area (Å²) in [5, 5.41) is 0. The van der Waals surface area contributed by atoms with Gasteiger partial charge in [-0.1, -0.05) is 19.1 Å². The van der Waals surface area contributed by atoms with Crippen LogP contribution in [0.2, 0.25) is 0 Å². The topological polar surface area (TPSA) is 72.2 Å². The lowest BCUT2D eigenvalue weighted by molar-refractivity contribution is 0.544. The summed E-state index contributed by atoms with van der Waals surface area (Å²) in [6.07, 6.45) is 1.31. The van der Waals surface area contributed by atoms with Crippen molar-refractivity contribution in [2.24, 2.45) is 5.73 Å². The molecule has 4 nitrogen and oxygen atoms in total. The molecule has 0 saturated carbocycles. The Bertz CT molecular complexity index is 462. The lowest BCUT2D eigenvalue weighted by atomic mass is 10.2. The van der Waals surface area contributed by atoms with E-state index in [9.17, 15) is 12.8 Å². The van der Waals surface area contributed by atoms with Crippen molar-refractivity contribution in [3.8, 4) is 0 Å². The number of benzene rings is 1. The second-order valence-electron chi connectivity index (χ2n) is 3.79. The summed E-state index contributed by atoms with van der Waals surface area (Å²) in [5.74, 6) is -0.750. The third-order valence-electron chi connectivity index (χ3n) is 2.46. The van der Waals surface area contributed by atoms with Gasteiger partial charge in [0.1, 0.15) is 10.7 Å². The summed E-state index contributed by atoms with van der Waals surface area (Å²) in [6.45, 7) is 2.14. The molecule has 0 aromatic heterocycles. The molecule has 0 heterocycles. The Hall–Kier alpha value is -0.980. The highest BCUT2D eigenvalue weighted by molar-refractivity contribution is 7.89. The van der Waals surface area contributed by atoms with E-state index in [-0.39, 0.29) is 17.5 Å². The van der Waals surface area contributed by atoms with Crippen molar-refractivity contribution in [2.45, 2.75) is 30.7 Å². The molecule has 0 radical (unpaired) electrons. The molecule has 96 valence electrons. The number of nitrogens with two attached hydrogens (primary N) is 1. The number of hydrogen-bond acceptors (Lipinski definition) is 3. The van der Waals surface area contributed by atoms with Crippen LogP contribution in [0.15, 0.2) is 29.2 Å². The lowest BCUT2D eigenvalue weighted by Gasteiger charge is -2.10. The van der Waals surface area contributed by atoms with Gasteiger partial charge in [-0.3, -0.25) is 0 Å². The van der Waals surface area contributed by atoms with Gasteiger partial charge in [-0.05, 0) is 25.0 Å². The largest absolute Gasteiger partial charge is 0.328 e. The summed E-state index contributed by atoms with van der Waals surface area (Å²) < 4.78 is 39.1. The van der Waals surface area contributed by atoms with E-state index >= 15 is 0 Å². The first-order valence-corrected chi connectivity index (χ1v) is 6.95. The number of hydrogen-bond donors (Lipinski definition) is 2. The van der Waals surface area contributed by atoms with E-state index in [1.165, 1.54) is 18.2 Å². The summed E-state index contributed by atoms with van der Waals surface area (Å²) in [4.78, 5) is -0.329. The van der Waals surface area contributed by atoms with Crippen LogP contribution in [-0.2, 0) is 10.0 Å². The monoisotopic (exact) mass is 260 g/mol. The number of sulfonamides is 1. The van der Waals surface area contributed by atoms with Crippen LogP contribution in [0.25, 0.3) is 0 Å². The van der Waals surface area contributed by atoms with Gasteiger partial charge in [-0.2, -0.15) is 0 Å². The van der Waals surface area contributed by atoms with Gasteiger partial charge < -0.3 is 5.73 Å². The zero-order valence-electron chi connectivity index (χ0n) is 9.69. The minimum atomic E-state index is -3.78. The van der Waals surface area contributed by atoms with Gasteiger partial charge in [0.2, 0.25) is 10.0 Å². The molecule has 0 aliphatic carbocycles. The number of rotatable bonds is 6. The first-order valence-electron chi connectivity index (χ1n) is 5.47. The minimum Gasteiger partial charge on any atom is -0.328 e. The predicted molar refractivity (Wildman–Crippen MR) is 64.5 cm³/mol. The molecule has 0 aliphatic heterocycles. The molecule has 0 spiro atoms. The van der Waals surface area contributed by atoms with Crippen molar-refractivity contribution >= 4 is 10.0 Å². The van der Waals surface area contributed by atoms with Crippen LogP contribution in [0.1, 0.15) is 19.8 Å². The number of halogens is 1. The smallest absolute Gasteiger partial charge is 0.243 e. The Morgan fingerprint density at radius 1 is 1.41 bits per heavy atom. The standard InChI is InChI=1S/C11H17FN2O2S/c1-2-9(13)7-8-14-17(15,16)11-6-4-3-5-10(11)12/h3-6,9,14H,2,7-8,13H2,1H3. The van der Waals surface area contributed by atoms with E-state index in [0.29, 0.717) is 6.42 Å². The Labute approximate surface area is 101 Å². The van der Waals surface area contributed by atoms with Crippen molar-refractivity contribution in [1.82, 2.24) is 4.72 Å². The molecule has 1 aromatic carbocycles. The molecule has 0 aliphatic rings. The van der Waals surface area contributed by atoms with Crippen LogP contribution >= 0.6 is 0 Å². The Balaban J connectivity index is 2.67. The predicted octanol–water partition coefficient (Wildman–Crippen LogP) is 1.23. The van der Waals surface area contributed by atoms with E-state index in [1.807, 2.05) is 6.92 Å². The zero-order valence-corrected chi connectivity index (χ0v) is 10.5. The third kappa shape index (κ3) is 4.07. The van der Waals surface area contributed by atoms with Gasteiger partial charge in [0.15, 0.2) is 0 Å². The fourth-order valence-corrected chi connectivity index (χ4v) is 2.45. The fourth-order valence-electron chi connectivity index (χ4n) is 1.32. The maximum Gasteiger partial charge on any atom is 0.243 e. The van der Waals surface area contributed by atoms with Crippen LogP contribution in [0.5, 0.6) is 0 Å². The average molecular weight is 260 g/mol. The molecule has 1 atom stereocenters. The van der Waals surface area contributed by atoms with E-state index in [4.69, 9.17) is 5.73 Å². The highest BCUT2D eigenvalue weighted by Crippen LogP contribution is 2.12. The molecule has 1 rings (SSSR count). The Morgan fingerprint density at radius 2 is 2.06 bits per heavy atom.